The first-order valence-corrected chi connectivity index (χ1v) is 49.0. The van der Waals surface area contributed by atoms with Gasteiger partial charge < -0.3 is 72.4 Å². The van der Waals surface area contributed by atoms with Crippen LogP contribution in [-0.2, 0) is 0 Å². The van der Waals surface area contributed by atoms with E-state index in [0.29, 0.717) is 77.6 Å². The van der Waals surface area contributed by atoms with E-state index in [0.717, 1.165) is 156 Å². The fourth-order valence-corrected chi connectivity index (χ4v) is 17.6. The number of piperidine rings is 2. The summed E-state index contributed by atoms with van der Waals surface area (Å²) in [4.78, 5) is 14.9. The molecule has 125 heavy (non-hydrogen) atoms. The Labute approximate surface area is 761 Å². The van der Waals surface area contributed by atoms with Crippen molar-refractivity contribution in [3.63, 3.8) is 0 Å². The number of benzene rings is 8. The molecule has 8 aromatic carbocycles. The normalized spacial score (nSPS) is 19.6. The van der Waals surface area contributed by atoms with Gasteiger partial charge in [-0.1, -0.05) is 238 Å². The lowest BCUT2D eigenvalue weighted by molar-refractivity contribution is 0.460. The first kappa shape index (κ1) is 101. The maximum absolute atomic E-state index is 5.93. The van der Waals surface area contributed by atoms with Crippen LogP contribution in [0.1, 0.15) is 279 Å². The van der Waals surface area contributed by atoms with Crippen molar-refractivity contribution >= 4 is 39.7 Å². The highest BCUT2D eigenvalue weighted by Crippen LogP contribution is 2.33. The van der Waals surface area contributed by atoms with Gasteiger partial charge in [-0.15, -0.1) is 0 Å². The highest BCUT2D eigenvalue weighted by molar-refractivity contribution is 5.67. The van der Waals surface area contributed by atoms with E-state index in [-0.39, 0.29) is 0 Å². The van der Waals surface area contributed by atoms with E-state index in [4.69, 9.17) is 5.73 Å². The number of hydrogen-bond donors (Lipinski definition) is 8. The largest absolute Gasteiger partial charge is 0.371 e. The summed E-state index contributed by atoms with van der Waals surface area (Å²) in [6.07, 6.45) is 8.28. The molecular formula is C111H170N14. The topological polar surface area (TPSA) is 130 Å². The highest BCUT2D eigenvalue weighted by Gasteiger charge is 2.24. The number of piperazine rings is 5. The smallest absolute Gasteiger partial charge is 0.0386 e. The van der Waals surface area contributed by atoms with Crippen LogP contribution in [0.3, 0.4) is 0 Å². The number of nitrogens with two attached hydrogens (primary N) is 1. The van der Waals surface area contributed by atoms with Gasteiger partial charge in [-0.2, -0.15) is 0 Å². The van der Waals surface area contributed by atoms with E-state index in [1.54, 1.807) is 5.56 Å². The van der Waals surface area contributed by atoms with Crippen molar-refractivity contribution in [2.75, 3.05) is 173 Å². The van der Waals surface area contributed by atoms with Crippen LogP contribution in [0.2, 0.25) is 0 Å². The fraction of sp³-hybridized carbons (Fsp3) is 0.550. The average molecular weight is 1700 g/mol. The first-order valence-electron chi connectivity index (χ1n) is 49.0. The van der Waals surface area contributed by atoms with Crippen molar-refractivity contribution in [2.45, 2.75) is 254 Å². The minimum absolute atomic E-state index is 0.407. The first-order chi connectivity index (χ1) is 60.2. The molecule has 14 heteroatoms. The van der Waals surface area contributed by atoms with E-state index in [2.05, 4.69) is 405 Å². The lowest BCUT2D eigenvalue weighted by atomic mass is 9.88. The molecule has 8 heterocycles. The molecule has 0 saturated carbocycles. The molecule has 4 atom stereocenters. The van der Waals surface area contributed by atoms with Crippen molar-refractivity contribution in [1.29, 1.82) is 0 Å². The Kier molecular flexibility index (Phi) is 42.8. The molecule has 0 bridgehead atoms. The van der Waals surface area contributed by atoms with Crippen LogP contribution in [-0.4, -0.2) is 174 Å². The molecule has 0 aliphatic carbocycles. The summed E-state index contributed by atoms with van der Waals surface area (Å²) in [6.45, 7) is 69.4. The fourth-order valence-electron chi connectivity index (χ4n) is 17.6. The summed E-state index contributed by atoms with van der Waals surface area (Å²) >= 11 is 0. The second-order valence-corrected chi connectivity index (χ2v) is 39.0. The van der Waals surface area contributed by atoms with Gasteiger partial charge in [0.2, 0.25) is 0 Å². The number of nitrogens with one attached hydrogen (secondary N) is 7. The van der Waals surface area contributed by atoms with Gasteiger partial charge in [-0.05, 0) is 267 Å². The van der Waals surface area contributed by atoms with E-state index >= 15 is 0 Å². The summed E-state index contributed by atoms with van der Waals surface area (Å²) in [7, 11) is 0. The van der Waals surface area contributed by atoms with Gasteiger partial charge in [0.15, 0.2) is 0 Å². The van der Waals surface area contributed by atoms with Crippen LogP contribution in [0.5, 0.6) is 0 Å². The molecular weight excluding hydrogens is 1530 g/mol. The zero-order chi connectivity index (χ0) is 89.7. The predicted octanol–water partition coefficient (Wildman–Crippen LogP) is 21.9. The summed E-state index contributed by atoms with van der Waals surface area (Å²) in [5.74, 6) is 5.71. The van der Waals surface area contributed by atoms with Crippen molar-refractivity contribution < 1.29 is 0 Å². The van der Waals surface area contributed by atoms with E-state index in [9.17, 15) is 0 Å². The second kappa shape index (κ2) is 53.1. The molecule has 8 aliphatic heterocycles. The van der Waals surface area contributed by atoms with E-state index < -0.39 is 0 Å². The van der Waals surface area contributed by atoms with Crippen LogP contribution in [0.15, 0.2) is 200 Å². The maximum atomic E-state index is 5.93. The second-order valence-electron chi connectivity index (χ2n) is 39.0. The van der Waals surface area contributed by atoms with Gasteiger partial charge in [0.25, 0.3) is 0 Å². The summed E-state index contributed by atoms with van der Waals surface area (Å²) in [5.41, 5.74) is 30.1. The SMILES string of the molecule is CC(C)c1cccc(C2=CCNCC2)c1.CC(C)c1cccc(C2CCNCC2)c1.CC(C)c1cccc(N2CCC(N)CC2)c1.CC(C)c1cccc(N2CCNCC2)c1.CC(C)c1cccc(N2CCNC[C@@H]2C)c1.CC(C)c1cccc(N2CCNC[C@H]2C)c1.CC(C)c1cccc(N2CCN[C@@H](C)C2)c1.CC(C)c1cccc(N2CCN[C@H](C)C2)c1. The molecule has 0 aromatic heterocycles. The highest BCUT2D eigenvalue weighted by atomic mass is 15.2. The molecule has 0 radical (unpaired) electrons. The predicted molar refractivity (Wildman–Crippen MR) is 548 cm³/mol. The third kappa shape index (κ3) is 33.5. The Bertz CT molecular complexity index is 4160. The van der Waals surface area contributed by atoms with Crippen LogP contribution >= 0.6 is 0 Å². The standard InChI is InChI=1S/5C14H22N2.C14H21N.C14H19N.C13H20N2/c2*1-11(2)13-5-4-6-14(9-13)16-8-7-15-12(3)10-16;2*1-11(2)13-5-4-6-14(9-13)16-8-7-15-10-12(16)3;1-11(2)12-4-3-5-14(10-12)16-8-6-13(15)7-9-16;2*1-11(2)13-4-3-5-14(10-13)12-6-8-15-9-7-12;1-11(2)12-4-3-5-13(10-12)15-8-6-14-7-9-15/h4*4-6,9,11-12,15H,7-8,10H2,1-3H3;3-5,10-11,13H,6-9,15H2,1-2H3;3-5,10-12,15H,6-9H2,1-2H3;3-6,10-11,15H,7-9H2,1-2H3;3-5,10-11,14H,6-9H2,1-2H3/t4*12-;;;;/m1010..../s1. The van der Waals surface area contributed by atoms with Crippen molar-refractivity contribution in [1.82, 2.24) is 37.2 Å². The minimum Gasteiger partial charge on any atom is -0.371 e. The average Bonchev–Trinajstić information content (AvgIpc) is 0.965. The third-order valence-corrected chi connectivity index (χ3v) is 26.1. The Morgan fingerprint density at radius 1 is 0.296 bits per heavy atom. The van der Waals surface area contributed by atoms with Gasteiger partial charge >= 0.3 is 0 Å². The maximum Gasteiger partial charge on any atom is 0.0386 e. The molecule has 0 amide bonds. The molecule has 16 rings (SSSR count). The minimum atomic E-state index is 0.407. The monoisotopic (exact) mass is 1700 g/mol. The van der Waals surface area contributed by atoms with Crippen molar-refractivity contribution in [3.8, 4) is 0 Å². The molecule has 9 N–H and O–H groups in total. The van der Waals surface area contributed by atoms with Gasteiger partial charge in [0.1, 0.15) is 0 Å². The molecule has 8 aliphatic rings. The summed E-state index contributed by atoms with van der Waals surface area (Å²) in [5, 5.41) is 24.0. The van der Waals surface area contributed by atoms with Crippen LogP contribution in [0, 0.1) is 0 Å². The van der Waals surface area contributed by atoms with Gasteiger partial charge in [0.05, 0.1) is 0 Å². The lowest BCUT2D eigenvalue weighted by Crippen LogP contribution is -2.49. The Balaban J connectivity index is 0.000000162. The molecule has 684 valence electrons. The molecule has 7 saturated heterocycles. The number of hydrogen-bond acceptors (Lipinski definition) is 14. The lowest BCUT2D eigenvalue weighted by Gasteiger charge is -2.36. The molecule has 14 nitrogen and oxygen atoms in total. The van der Waals surface area contributed by atoms with Crippen LogP contribution in [0.25, 0.3) is 5.57 Å². The number of rotatable bonds is 16. The molecule has 8 aromatic rings. The third-order valence-electron chi connectivity index (χ3n) is 26.1. The summed E-state index contributed by atoms with van der Waals surface area (Å²) in [6, 6.07) is 74.6. The number of anilines is 6. The Hall–Kier alpha value is -8.02. The summed E-state index contributed by atoms with van der Waals surface area (Å²) < 4.78 is 0. The molecule has 0 spiro atoms. The van der Waals surface area contributed by atoms with E-state index in [1.807, 2.05) is 0 Å². The van der Waals surface area contributed by atoms with Crippen LogP contribution < -0.4 is 72.4 Å². The molecule has 7 fully saturated rings. The van der Waals surface area contributed by atoms with Gasteiger partial charge in [-0.3, -0.25) is 0 Å². The van der Waals surface area contributed by atoms with Crippen molar-refractivity contribution in [2.24, 2.45) is 5.73 Å². The van der Waals surface area contributed by atoms with Gasteiger partial charge in [-0.25, -0.2) is 0 Å². The van der Waals surface area contributed by atoms with Gasteiger partial charge in [0, 0.05) is 189 Å². The Morgan fingerprint density at radius 3 is 0.984 bits per heavy atom. The quantitative estimate of drug-likeness (QED) is 0.0467. The van der Waals surface area contributed by atoms with Crippen LogP contribution in [0.4, 0.5) is 34.1 Å². The number of nitrogens with zero attached hydrogens (tertiary/aromatic N) is 6. The zero-order valence-corrected chi connectivity index (χ0v) is 81.5. The van der Waals surface area contributed by atoms with E-state index in [1.165, 1.54) is 116 Å². The molecule has 0 unspecified atom stereocenters. The zero-order valence-electron chi connectivity index (χ0n) is 81.5. The van der Waals surface area contributed by atoms with Crippen molar-refractivity contribution in [3.05, 3.63) is 256 Å². The Morgan fingerprint density at radius 2 is 0.616 bits per heavy atom.